The summed E-state index contributed by atoms with van der Waals surface area (Å²) in [6, 6.07) is 0.343. The Bertz CT molecular complexity index is 388. The molecule has 1 aliphatic carbocycles. The number of hydrogen-bond acceptors (Lipinski definition) is 4. The third-order valence-electron chi connectivity index (χ3n) is 3.63. The molecular formula is C14H25N3O3. The number of hydrogen-bond donors (Lipinski definition) is 1. The van der Waals surface area contributed by atoms with Crippen LogP contribution in [-0.2, 0) is 9.53 Å². The Morgan fingerprint density at radius 2 is 1.90 bits per heavy atom. The van der Waals surface area contributed by atoms with E-state index >= 15 is 0 Å². The summed E-state index contributed by atoms with van der Waals surface area (Å²) in [5.74, 6) is -0.0487. The van der Waals surface area contributed by atoms with Crippen molar-refractivity contribution in [2.75, 3.05) is 19.6 Å². The van der Waals surface area contributed by atoms with E-state index in [1.165, 1.54) is 0 Å². The molecule has 20 heavy (non-hydrogen) atoms. The predicted octanol–water partition coefficient (Wildman–Crippen LogP) is 0.946. The first-order chi connectivity index (χ1) is 9.31. The second-order valence-electron chi connectivity index (χ2n) is 6.61. The van der Waals surface area contributed by atoms with E-state index in [1.54, 1.807) is 4.90 Å². The van der Waals surface area contributed by atoms with Crippen LogP contribution in [0.5, 0.6) is 0 Å². The van der Waals surface area contributed by atoms with Crippen LogP contribution in [0.3, 0.4) is 0 Å². The normalized spacial score (nSPS) is 22.8. The standard InChI is InChI=1S/C14H25N3O3/c1-14(2,3)20-13(19)17(10-4-5-10)11-6-7-16(9-11)12(18)8-15/h10-11H,4-9,15H2,1-3H3/t11-/m0/s1. The van der Waals surface area contributed by atoms with E-state index in [2.05, 4.69) is 0 Å². The van der Waals surface area contributed by atoms with Gasteiger partial charge in [0.05, 0.1) is 12.6 Å². The first-order valence-corrected chi connectivity index (χ1v) is 7.31. The van der Waals surface area contributed by atoms with Crippen LogP contribution in [0.1, 0.15) is 40.0 Å². The molecule has 0 bridgehead atoms. The molecule has 6 nitrogen and oxygen atoms in total. The monoisotopic (exact) mass is 283 g/mol. The zero-order valence-electron chi connectivity index (χ0n) is 12.6. The molecule has 1 atom stereocenters. The summed E-state index contributed by atoms with van der Waals surface area (Å²) < 4.78 is 5.49. The van der Waals surface area contributed by atoms with E-state index in [9.17, 15) is 9.59 Å². The van der Waals surface area contributed by atoms with Gasteiger partial charge >= 0.3 is 6.09 Å². The van der Waals surface area contributed by atoms with Gasteiger partial charge in [0.15, 0.2) is 0 Å². The number of ether oxygens (including phenoxy) is 1. The third-order valence-corrected chi connectivity index (χ3v) is 3.63. The molecule has 1 saturated heterocycles. The zero-order chi connectivity index (χ0) is 14.9. The van der Waals surface area contributed by atoms with E-state index in [-0.39, 0.29) is 30.6 Å². The van der Waals surface area contributed by atoms with Gasteiger partial charge in [-0.15, -0.1) is 0 Å². The van der Waals surface area contributed by atoms with Gasteiger partial charge in [-0.25, -0.2) is 4.79 Å². The Balaban J connectivity index is 2.00. The van der Waals surface area contributed by atoms with Crippen LogP contribution in [-0.4, -0.2) is 59.1 Å². The molecule has 1 saturated carbocycles. The summed E-state index contributed by atoms with van der Waals surface area (Å²) in [6.45, 7) is 6.89. The molecule has 2 fully saturated rings. The highest BCUT2D eigenvalue weighted by molar-refractivity contribution is 5.78. The molecule has 1 aliphatic heterocycles. The number of rotatable bonds is 3. The van der Waals surface area contributed by atoms with E-state index < -0.39 is 5.60 Å². The Kier molecular flexibility index (Phi) is 4.22. The third kappa shape index (κ3) is 3.62. The highest BCUT2D eigenvalue weighted by Gasteiger charge is 2.42. The molecule has 0 aromatic heterocycles. The van der Waals surface area contributed by atoms with E-state index in [0.717, 1.165) is 19.3 Å². The molecule has 2 rings (SSSR count). The van der Waals surface area contributed by atoms with Crippen LogP contribution in [0, 0.1) is 0 Å². The Hall–Kier alpha value is -1.30. The summed E-state index contributed by atoms with van der Waals surface area (Å²) in [5, 5.41) is 0. The van der Waals surface area contributed by atoms with E-state index in [4.69, 9.17) is 10.5 Å². The molecule has 2 amide bonds. The average molecular weight is 283 g/mol. The number of nitrogens with two attached hydrogens (primary N) is 1. The van der Waals surface area contributed by atoms with Crippen LogP contribution in [0.15, 0.2) is 0 Å². The molecule has 0 unspecified atom stereocenters. The maximum atomic E-state index is 12.3. The van der Waals surface area contributed by atoms with Gasteiger partial charge in [-0.3, -0.25) is 4.79 Å². The van der Waals surface area contributed by atoms with Crippen LogP contribution in [0.25, 0.3) is 0 Å². The van der Waals surface area contributed by atoms with Gasteiger partial charge in [-0.1, -0.05) is 0 Å². The lowest BCUT2D eigenvalue weighted by Gasteiger charge is -2.31. The minimum Gasteiger partial charge on any atom is -0.444 e. The van der Waals surface area contributed by atoms with Crippen molar-refractivity contribution in [2.24, 2.45) is 5.73 Å². The van der Waals surface area contributed by atoms with Crippen molar-refractivity contribution in [2.45, 2.75) is 57.7 Å². The fourth-order valence-corrected chi connectivity index (χ4v) is 2.59. The summed E-state index contributed by atoms with van der Waals surface area (Å²) >= 11 is 0. The van der Waals surface area contributed by atoms with Gasteiger partial charge in [0.1, 0.15) is 5.60 Å². The fraction of sp³-hybridized carbons (Fsp3) is 0.857. The lowest BCUT2D eigenvalue weighted by atomic mass is 10.2. The second-order valence-corrected chi connectivity index (χ2v) is 6.61. The Morgan fingerprint density at radius 3 is 2.40 bits per heavy atom. The van der Waals surface area contributed by atoms with Crippen LogP contribution in [0.2, 0.25) is 0 Å². The van der Waals surface area contributed by atoms with Crippen molar-refractivity contribution in [3.63, 3.8) is 0 Å². The summed E-state index contributed by atoms with van der Waals surface area (Å²) in [5.41, 5.74) is 4.90. The first kappa shape index (κ1) is 15.1. The Morgan fingerprint density at radius 1 is 1.25 bits per heavy atom. The largest absolute Gasteiger partial charge is 0.444 e. The average Bonchev–Trinajstić information content (AvgIpc) is 3.03. The highest BCUT2D eigenvalue weighted by Crippen LogP contribution is 2.32. The van der Waals surface area contributed by atoms with Crippen LogP contribution in [0.4, 0.5) is 4.79 Å². The summed E-state index contributed by atoms with van der Waals surface area (Å²) in [7, 11) is 0. The second kappa shape index (κ2) is 5.60. The molecule has 2 N–H and O–H groups in total. The highest BCUT2D eigenvalue weighted by atomic mass is 16.6. The lowest BCUT2D eigenvalue weighted by molar-refractivity contribution is -0.128. The maximum absolute atomic E-state index is 12.3. The van der Waals surface area contributed by atoms with Gasteiger partial charge in [0.2, 0.25) is 5.91 Å². The SMILES string of the molecule is CC(C)(C)OC(=O)N(C1CC1)[C@H]1CCN(C(=O)CN)C1. The summed E-state index contributed by atoms with van der Waals surface area (Å²) in [4.78, 5) is 27.6. The predicted molar refractivity (Wildman–Crippen MR) is 75.1 cm³/mol. The van der Waals surface area contributed by atoms with Gasteiger partial charge < -0.3 is 20.3 Å². The van der Waals surface area contributed by atoms with Crippen molar-refractivity contribution in [3.8, 4) is 0 Å². The number of nitrogens with zero attached hydrogens (tertiary/aromatic N) is 2. The van der Waals surface area contributed by atoms with Gasteiger partial charge in [-0.2, -0.15) is 0 Å². The molecule has 2 aliphatic rings. The van der Waals surface area contributed by atoms with Crippen molar-refractivity contribution < 1.29 is 14.3 Å². The number of likely N-dealkylation sites (tertiary alicyclic amines) is 1. The van der Waals surface area contributed by atoms with Gasteiger partial charge in [0.25, 0.3) is 0 Å². The number of carbonyl (C=O) groups is 2. The minimum absolute atomic E-state index is 0.0303. The molecule has 6 heteroatoms. The van der Waals surface area contributed by atoms with Crippen LogP contribution >= 0.6 is 0 Å². The van der Waals surface area contributed by atoms with Gasteiger partial charge in [-0.05, 0) is 40.0 Å². The fourth-order valence-electron chi connectivity index (χ4n) is 2.59. The van der Waals surface area contributed by atoms with Crippen molar-refractivity contribution in [1.29, 1.82) is 0 Å². The Labute approximate surface area is 120 Å². The molecule has 114 valence electrons. The maximum Gasteiger partial charge on any atom is 0.410 e. The molecule has 0 radical (unpaired) electrons. The topological polar surface area (TPSA) is 75.9 Å². The van der Waals surface area contributed by atoms with Crippen LogP contribution < -0.4 is 5.73 Å². The van der Waals surface area contributed by atoms with Crippen molar-refractivity contribution in [3.05, 3.63) is 0 Å². The molecule has 0 aromatic rings. The van der Waals surface area contributed by atoms with Crippen molar-refractivity contribution >= 4 is 12.0 Å². The van der Waals surface area contributed by atoms with E-state index in [0.29, 0.717) is 13.1 Å². The zero-order valence-corrected chi connectivity index (χ0v) is 12.6. The molecule has 1 heterocycles. The quantitative estimate of drug-likeness (QED) is 0.836. The smallest absolute Gasteiger partial charge is 0.410 e. The first-order valence-electron chi connectivity index (χ1n) is 7.31. The lowest BCUT2D eigenvalue weighted by Crippen LogP contribution is -2.46. The summed E-state index contributed by atoms with van der Waals surface area (Å²) in [6.07, 6.45) is 2.61. The van der Waals surface area contributed by atoms with Gasteiger partial charge in [0, 0.05) is 19.1 Å². The van der Waals surface area contributed by atoms with Crippen molar-refractivity contribution in [1.82, 2.24) is 9.80 Å². The van der Waals surface area contributed by atoms with E-state index in [1.807, 2.05) is 25.7 Å². The molecule has 0 spiro atoms. The minimum atomic E-state index is -0.490. The number of carbonyl (C=O) groups excluding carboxylic acids is 2. The molecule has 0 aromatic carbocycles. The molecular weight excluding hydrogens is 258 g/mol. The number of amides is 2.